The van der Waals surface area contributed by atoms with Crippen molar-refractivity contribution in [2.24, 2.45) is 10.9 Å². The lowest BCUT2D eigenvalue weighted by Gasteiger charge is -2.14. The second kappa shape index (κ2) is 10.6. The van der Waals surface area contributed by atoms with Crippen molar-refractivity contribution in [3.05, 3.63) is 0 Å². The number of hydrogen-bond donors (Lipinski definition) is 0. The standard InChI is InChI=1S/C10H21NO2Si/c1-2-5-10(8-13-14)6-3-4-7-11-9-12/h10H,2-8H2,1,14H3. The van der Waals surface area contributed by atoms with Gasteiger partial charge in [-0.2, -0.15) is 0 Å². The highest BCUT2D eigenvalue weighted by atomic mass is 28.2. The van der Waals surface area contributed by atoms with Crippen molar-refractivity contribution < 1.29 is 9.22 Å². The Labute approximate surface area is 89.5 Å². The maximum atomic E-state index is 9.80. The summed E-state index contributed by atoms with van der Waals surface area (Å²) in [6, 6.07) is 0. The van der Waals surface area contributed by atoms with Crippen LogP contribution in [-0.2, 0) is 9.22 Å². The molecular weight excluding hydrogens is 194 g/mol. The molecule has 0 aliphatic carbocycles. The Balaban J connectivity index is 3.44. The van der Waals surface area contributed by atoms with E-state index in [2.05, 4.69) is 11.9 Å². The molecule has 0 saturated heterocycles. The summed E-state index contributed by atoms with van der Waals surface area (Å²) in [6.45, 7) is 3.75. The number of carbonyl (C=O) groups excluding carboxylic acids is 1. The van der Waals surface area contributed by atoms with Crippen LogP contribution in [0.2, 0.25) is 0 Å². The van der Waals surface area contributed by atoms with Gasteiger partial charge in [0.1, 0.15) is 10.5 Å². The van der Waals surface area contributed by atoms with E-state index in [9.17, 15) is 4.79 Å². The summed E-state index contributed by atoms with van der Waals surface area (Å²) < 4.78 is 5.29. The molecule has 0 amide bonds. The Bertz CT molecular complexity index is 164. The highest BCUT2D eigenvalue weighted by molar-refractivity contribution is 5.97. The maximum Gasteiger partial charge on any atom is 0.234 e. The molecule has 0 radical (unpaired) electrons. The van der Waals surface area contributed by atoms with E-state index in [0.29, 0.717) is 12.5 Å². The Morgan fingerprint density at radius 2 is 2.21 bits per heavy atom. The van der Waals surface area contributed by atoms with Crippen molar-refractivity contribution in [3.8, 4) is 0 Å². The van der Waals surface area contributed by atoms with Crippen LogP contribution in [0.15, 0.2) is 4.99 Å². The minimum absolute atomic E-state index is 0.629. The van der Waals surface area contributed by atoms with Crippen molar-refractivity contribution >= 4 is 16.6 Å². The maximum absolute atomic E-state index is 9.80. The van der Waals surface area contributed by atoms with Crippen molar-refractivity contribution in [1.82, 2.24) is 0 Å². The lowest BCUT2D eigenvalue weighted by molar-refractivity contribution is 0.244. The lowest BCUT2D eigenvalue weighted by atomic mass is 9.98. The molecule has 0 heterocycles. The first-order valence-corrected chi connectivity index (χ1v) is 6.19. The van der Waals surface area contributed by atoms with Gasteiger partial charge >= 0.3 is 0 Å². The van der Waals surface area contributed by atoms with Crippen molar-refractivity contribution in [1.29, 1.82) is 0 Å². The molecular formula is C10H21NO2Si. The average Bonchev–Trinajstić information content (AvgIpc) is 2.18. The van der Waals surface area contributed by atoms with Crippen LogP contribution in [0.25, 0.3) is 0 Å². The summed E-state index contributed by atoms with van der Waals surface area (Å²) in [5, 5.41) is 0. The number of nitrogens with zero attached hydrogens (tertiary/aromatic N) is 1. The zero-order valence-corrected chi connectivity index (χ0v) is 11.3. The highest BCUT2D eigenvalue weighted by Gasteiger charge is 2.05. The van der Waals surface area contributed by atoms with E-state index in [1.54, 1.807) is 6.08 Å². The molecule has 0 spiro atoms. The normalized spacial score (nSPS) is 12.4. The minimum Gasteiger partial charge on any atom is -0.428 e. The fraction of sp³-hybridized carbons (Fsp3) is 0.900. The number of hydrogen-bond acceptors (Lipinski definition) is 3. The molecule has 3 nitrogen and oxygen atoms in total. The molecule has 0 saturated carbocycles. The van der Waals surface area contributed by atoms with E-state index in [1.807, 2.05) is 0 Å². The van der Waals surface area contributed by atoms with E-state index in [4.69, 9.17) is 4.43 Å². The summed E-state index contributed by atoms with van der Waals surface area (Å²) in [4.78, 5) is 13.3. The second-order valence-electron chi connectivity index (χ2n) is 3.58. The minimum atomic E-state index is 0.629. The molecule has 0 rings (SSSR count). The van der Waals surface area contributed by atoms with Gasteiger partial charge in [-0.05, 0) is 25.2 Å². The van der Waals surface area contributed by atoms with Crippen LogP contribution in [0.3, 0.4) is 0 Å². The van der Waals surface area contributed by atoms with Gasteiger partial charge in [0.2, 0.25) is 6.08 Å². The van der Waals surface area contributed by atoms with Gasteiger partial charge in [-0.3, -0.25) is 0 Å². The average molecular weight is 215 g/mol. The molecule has 4 heteroatoms. The first-order chi connectivity index (χ1) is 6.85. The van der Waals surface area contributed by atoms with Gasteiger partial charge in [-0.25, -0.2) is 9.79 Å². The van der Waals surface area contributed by atoms with Crippen LogP contribution in [-0.4, -0.2) is 29.7 Å². The summed E-state index contributed by atoms with van der Waals surface area (Å²) in [7, 11) is 0.835. The Morgan fingerprint density at radius 3 is 2.79 bits per heavy atom. The number of unbranched alkanes of at least 4 members (excludes halogenated alkanes) is 1. The molecule has 0 aromatic rings. The van der Waals surface area contributed by atoms with Crippen LogP contribution in [0.1, 0.15) is 39.0 Å². The van der Waals surface area contributed by atoms with E-state index in [1.165, 1.54) is 19.3 Å². The molecule has 0 N–H and O–H groups in total. The number of isocyanates is 1. The fourth-order valence-corrected chi connectivity index (χ4v) is 2.10. The highest BCUT2D eigenvalue weighted by Crippen LogP contribution is 2.14. The summed E-state index contributed by atoms with van der Waals surface area (Å²) >= 11 is 0. The summed E-state index contributed by atoms with van der Waals surface area (Å²) in [5.74, 6) is 0.706. The molecule has 0 aliphatic heterocycles. The Hall–Kier alpha value is -0.443. The topological polar surface area (TPSA) is 38.7 Å². The zero-order valence-electron chi connectivity index (χ0n) is 9.29. The van der Waals surface area contributed by atoms with Crippen LogP contribution in [0.5, 0.6) is 0 Å². The SMILES string of the molecule is CCCC(CCCCN=C=O)CO[SiH3]. The van der Waals surface area contributed by atoms with Gasteiger partial charge in [0.15, 0.2) is 0 Å². The quantitative estimate of drug-likeness (QED) is 0.251. The molecule has 0 aromatic heterocycles. The van der Waals surface area contributed by atoms with Crippen molar-refractivity contribution in [3.63, 3.8) is 0 Å². The molecule has 0 fully saturated rings. The predicted molar refractivity (Wildman–Crippen MR) is 61.1 cm³/mol. The van der Waals surface area contributed by atoms with Crippen molar-refractivity contribution in [2.75, 3.05) is 13.2 Å². The van der Waals surface area contributed by atoms with Gasteiger partial charge in [-0.1, -0.05) is 19.8 Å². The molecule has 0 aromatic carbocycles. The van der Waals surface area contributed by atoms with Crippen LogP contribution >= 0.6 is 0 Å². The largest absolute Gasteiger partial charge is 0.428 e. The zero-order chi connectivity index (χ0) is 10.6. The van der Waals surface area contributed by atoms with Gasteiger partial charge < -0.3 is 4.43 Å². The lowest BCUT2D eigenvalue weighted by Crippen LogP contribution is -2.08. The summed E-state index contributed by atoms with van der Waals surface area (Å²) in [6.07, 6.45) is 7.37. The van der Waals surface area contributed by atoms with Crippen LogP contribution in [0, 0.1) is 5.92 Å². The fourth-order valence-electron chi connectivity index (χ4n) is 1.62. The van der Waals surface area contributed by atoms with Gasteiger partial charge in [-0.15, -0.1) is 0 Å². The molecule has 1 unspecified atom stereocenters. The van der Waals surface area contributed by atoms with E-state index >= 15 is 0 Å². The van der Waals surface area contributed by atoms with E-state index in [-0.39, 0.29) is 0 Å². The molecule has 14 heavy (non-hydrogen) atoms. The predicted octanol–water partition coefficient (Wildman–Crippen LogP) is 1.21. The number of rotatable bonds is 9. The van der Waals surface area contributed by atoms with Crippen molar-refractivity contribution in [2.45, 2.75) is 39.0 Å². The molecule has 1 atom stereocenters. The van der Waals surface area contributed by atoms with E-state index < -0.39 is 0 Å². The Morgan fingerprint density at radius 1 is 1.43 bits per heavy atom. The van der Waals surface area contributed by atoms with Gasteiger partial charge in [0, 0.05) is 6.61 Å². The first-order valence-electron chi connectivity index (χ1n) is 5.37. The number of aliphatic imine (C=N–C) groups is 1. The van der Waals surface area contributed by atoms with E-state index in [0.717, 1.165) is 29.9 Å². The third-order valence-electron chi connectivity index (χ3n) is 2.30. The van der Waals surface area contributed by atoms with Crippen LogP contribution < -0.4 is 0 Å². The smallest absolute Gasteiger partial charge is 0.234 e. The monoisotopic (exact) mass is 215 g/mol. The third kappa shape index (κ3) is 8.17. The second-order valence-corrected chi connectivity index (χ2v) is 4.16. The first kappa shape index (κ1) is 13.6. The van der Waals surface area contributed by atoms with Gasteiger partial charge in [0.05, 0.1) is 6.54 Å². The molecule has 82 valence electrons. The molecule has 0 bridgehead atoms. The summed E-state index contributed by atoms with van der Waals surface area (Å²) in [5.41, 5.74) is 0. The molecule has 0 aliphatic rings. The Kier molecular flexibility index (Phi) is 10.3. The third-order valence-corrected chi connectivity index (χ3v) is 2.63. The van der Waals surface area contributed by atoms with Crippen LogP contribution in [0.4, 0.5) is 0 Å². The van der Waals surface area contributed by atoms with Gasteiger partial charge in [0.25, 0.3) is 0 Å².